The van der Waals surface area contributed by atoms with Gasteiger partial charge >= 0.3 is 0 Å². The molecule has 0 aliphatic rings. The van der Waals surface area contributed by atoms with Crippen molar-refractivity contribution in [1.82, 2.24) is 10.2 Å². The van der Waals surface area contributed by atoms with Crippen molar-refractivity contribution in [3.05, 3.63) is 38.3 Å². The van der Waals surface area contributed by atoms with Crippen molar-refractivity contribution in [3.8, 4) is 10.6 Å². The fraction of sp³-hybridized carbons (Fsp3) is 0.200. The molecule has 0 N–H and O–H groups in total. The highest BCUT2D eigenvalue weighted by atomic mass is 35.5. The number of aryl methyl sites for hydroxylation is 1. The molecule has 2 rings (SSSR count). The Hall–Kier alpha value is -1.24. The van der Waals surface area contributed by atoms with E-state index in [0.717, 1.165) is 5.01 Å². The SMILES string of the molecule is O=[N+]([O-])c1cc(Cl)ccc1-c1nnc(CCCl)s1. The summed E-state index contributed by atoms with van der Waals surface area (Å²) in [5, 5.41) is 20.4. The quantitative estimate of drug-likeness (QED) is 0.492. The van der Waals surface area contributed by atoms with E-state index in [1.807, 2.05) is 0 Å². The van der Waals surface area contributed by atoms with Crippen LogP contribution in [0.3, 0.4) is 0 Å². The van der Waals surface area contributed by atoms with Gasteiger partial charge < -0.3 is 0 Å². The number of aromatic nitrogens is 2. The molecule has 0 unspecified atom stereocenters. The Morgan fingerprint density at radius 3 is 2.83 bits per heavy atom. The normalized spacial score (nSPS) is 10.6. The largest absolute Gasteiger partial charge is 0.281 e. The van der Waals surface area contributed by atoms with Crippen LogP contribution in [0.5, 0.6) is 0 Å². The van der Waals surface area contributed by atoms with E-state index in [9.17, 15) is 10.1 Å². The number of nitro benzene ring substituents is 1. The van der Waals surface area contributed by atoms with E-state index in [0.29, 0.717) is 27.9 Å². The number of nitrogens with zero attached hydrogens (tertiary/aromatic N) is 3. The highest BCUT2D eigenvalue weighted by molar-refractivity contribution is 7.14. The van der Waals surface area contributed by atoms with Crippen LogP contribution in [-0.2, 0) is 6.42 Å². The summed E-state index contributed by atoms with van der Waals surface area (Å²) in [6.07, 6.45) is 0.598. The van der Waals surface area contributed by atoms with Gasteiger partial charge in [-0.1, -0.05) is 22.9 Å². The van der Waals surface area contributed by atoms with Gasteiger partial charge in [-0.3, -0.25) is 10.1 Å². The van der Waals surface area contributed by atoms with Crippen molar-refractivity contribution in [3.63, 3.8) is 0 Å². The van der Waals surface area contributed by atoms with Crippen LogP contribution in [0, 0.1) is 10.1 Å². The number of rotatable bonds is 4. The van der Waals surface area contributed by atoms with Gasteiger partial charge in [0, 0.05) is 23.4 Å². The van der Waals surface area contributed by atoms with Gasteiger partial charge in [0.25, 0.3) is 5.69 Å². The van der Waals surface area contributed by atoms with Crippen molar-refractivity contribution >= 4 is 40.2 Å². The Kier molecular flexibility index (Phi) is 4.11. The average Bonchev–Trinajstić information content (AvgIpc) is 2.78. The molecule has 0 atom stereocenters. The first-order valence-corrected chi connectivity index (χ1v) is 6.67. The fourth-order valence-electron chi connectivity index (χ4n) is 1.38. The van der Waals surface area contributed by atoms with Gasteiger partial charge in [-0.15, -0.1) is 21.8 Å². The summed E-state index contributed by atoms with van der Waals surface area (Å²) >= 11 is 12.6. The zero-order valence-electron chi connectivity index (χ0n) is 8.97. The lowest BCUT2D eigenvalue weighted by Gasteiger charge is -1.98. The van der Waals surface area contributed by atoms with Gasteiger partial charge in [-0.25, -0.2) is 0 Å². The molecular weight excluding hydrogens is 297 g/mol. The molecule has 0 radical (unpaired) electrons. The monoisotopic (exact) mass is 303 g/mol. The second-order valence-electron chi connectivity index (χ2n) is 3.36. The number of benzene rings is 1. The number of hydrogen-bond acceptors (Lipinski definition) is 5. The van der Waals surface area contributed by atoms with E-state index in [4.69, 9.17) is 23.2 Å². The topological polar surface area (TPSA) is 68.9 Å². The molecule has 0 aliphatic heterocycles. The Balaban J connectivity index is 2.45. The minimum atomic E-state index is -0.482. The number of halogens is 2. The second kappa shape index (κ2) is 5.60. The Morgan fingerprint density at radius 2 is 2.17 bits per heavy atom. The summed E-state index contributed by atoms with van der Waals surface area (Å²) in [5.41, 5.74) is 0.346. The summed E-state index contributed by atoms with van der Waals surface area (Å²) in [4.78, 5) is 10.5. The molecule has 0 fully saturated rings. The Labute approximate surface area is 117 Å². The molecule has 5 nitrogen and oxygen atoms in total. The average molecular weight is 304 g/mol. The molecule has 0 amide bonds. The van der Waals surface area contributed by atoms with Crippen LogP contribution < -0.4 is 0 Å². The van der Waals surface area contributed by atoms with Gasteiger partial charge in [0.05, 0.1) is 10.5 Å². The molecule has 0 spiro atoms. The third-order valence-electron chi connectivity index (χ3n) is 2.16. The first-order chi connectivity index (χ1) is 8.61. The molecule has 1 aromatic heterocycles. The predicted octanol–water partition coefficient (Wildman–Crippen LogP) is 3.55. The summed E-state index contributed by atoms with van der Waals surface area (Å²) in [5.74, 6) is 0.442. The number of nitro groups is 1. The van der Waals surface area contributed by atoms with Gasteiger partial charge in [-0.2, -0.15) is 0 Å². The van der Waals surface area contributed by atoms with Crippen molar-refractivity contribution in [2.45, 2.75) is 6.42 Å². The molecule has 0 bridgehead atoms. The van der Waals surface area contributed by atoms with Gasteiger partial charge in [0.2, 0.25) is 0 Å². The maximum Gasteiger partial charge on any atom is 0.281 e. The van der Waals surface area contributed by atoms with E-state index in [1.54, 1.807) is 12.1 Å². The van der Waals surface area contributed by atoms with Gasteiger partial charge in [0.1, 0.15) is 5.01 Å². The third kappa shape index (κ3) is 2.77. The zero-order chi connectivity index (χ0) is 13.1. The second-order valence-corrected chi connectivity index (χ2v) is 5.23. The summed E-state index contributed by atoms with van der Waals surface area (Å²) in [7, 11) is 0. The van der Waals surface area contributed by atoms with Crippen LogP contribution in [0.15, 0.2) is 18.2 Å². The predicted molar refractivity (Wildman–Crippen MR) is 71.4 cm³/mol. The zero-order valence-corrected chi connectivity index (χ0v) is 11.3. The van der Waals surface area contributed by atoms with E-state index >= 15 is 0 Å². The molecule has 94 valence electrons. The third-order valence-corrected chi connectivity index (χ3v) is 3.60. The first-order valence-electron chi connectivity index (χ1n) is 4.94. The summed E-state index contributed by atoms with van der Waals surface area (Å²) < 4.78 is 0. The molecule has 1 heterocycles. The van der Waals surface area contributed by atoms with Crippen molar-refractivity contribution in [1.29, 1.82) is 0 Å². The molecular formula is C10H7Cl2N3O2S. The van der Waals surface area contributed by atoms with Crippen LogP contribution in [0.1, 0.15) is 5.01 Å². The molecule has 0 saturated carbocycles. The standard InChI is InChI=1S/C10H7Cl2N3O2S/c11-4-3-9-13-14-10(18-9)7-2-1-6(12)5-8(7)15(16)17/h1-2,5H,3-4H2. The number of alkyl halides is 1. The van der Waals surface area contributed by atoms with E-state index in [2.05, 4.69) is 10.2 Å². The van der Waals surface area contributed by atoms with E-state index < -0.39 is 4.92 Å². The molecule has 1 aromatic carbocycles. The van der Waals surface area contributed by atoms with E-state index in [-0.39, 0.29) is 5.69 Å². The molecule has 8 heteroatoms. The maximum absolute atomic E-state index is 11.0. The molecule has 0 aliphatic carbocycles. The maximum atomic E-state index is 11.0. The van der Waals surface area contributed by atoms with Crippen LogP contribution in [-0.4, -0.2) is 21.0 Å². The van der Waals surface area contributed by atoms with Crippen molar-refractivity contribution < 1.29 is 4.92 Å². The number of hydrogen-bond donors (Lipinski definition) is 0. The van der Waals surface area contributed by atoms with Crippen LogP contribution in [0.2, 0.25) is 5.02 Å². The summed E-state index contributed by atoms with van der Waals surface area (Å²) in [6.45, 7) is 0. The smallest absolute Gasteiger partial charge is 0.258 e. The molecule has 0 saturated heterocycles. The van der Waals surface area contributed by atoms with Gasteiger partial charge in [-0.05, 0) is 12.1 Å². The molecule has 18 heavy (non-hydrogen) atoms. The Morgan fingerprint density at radius 1 is 1.39 bits per heavy atom. The molecule has 2 aromatic rings. The van der Waals surface area contributed by atoms with Crippen molar-refractivity contribution in [2.75, 3.05) is 5.88 Å². The minimum Gasteiger partial charge on any atom is -0.258 e. The lowest BCUT2D eigenvalue weighted by molar-refractivity contribution is -0.384. The highest BCUT2D eigenvalue weighted by Gasteiger charge is 2.19. The van der Waals surface area contributed by atoms with Crippen LogP contribution >= 0.6 is 34.5 Å². The van der Waals surface area contributed by atoms with E-state index in [1.165, 1.54) is 17.4 Å². The van der Waals surface area contributed by atoms with Crippen LogP contribution in [0.4, 0.5) is 5.69 Å². The van der Waals surface area contributed by atoms with Gasteiger partial charge in [0.15, 0.2) is 5.01 Å². The van der Waals surface area contributed by atoms with Crippen LogP contribution in [0.25, 0.3) is 10.6 Å². The minimum absolute atomic E-state index is 0.0731. The lowest BCUT2D eigenvalue weighted by Crippen LogP contribution is -1.91. The van der Waals surface area contributed by atoms with Crippen molar-refractivity contribution in [2.24, 2.45) is 0 Å². The summed E-state index contributed by atoms with van der Waals surface area (Å²) in [6, 6.07) is 4.47. The fourth-order valence-corrected chi connectivity index (χ4v) is 2.71. The highest BCUT2D eigenvalue weighted by Crippen LogP contribution is 2.33. The lowest BCUT2D eigenvalue weighted by atomic mass is 10.2. The Bertz CT molecular complexity index is 588. The first kappa shape index (κ1) is 13.2.